The van der Waals surface area contributed by atoms with Gasteiger partial charge in [0.25, 0.3) is 0 Å². The third-order valence-corrected chi connectivity index (χ3v) is 2.82. The van der Waals surface area contributed by atoms with Gasteiger partial charge < -0.3 is 5.73 Å². The lowest BCUT2D eigenvalue weighted by atomic mass is 10.0. The molecule has 2 nitrogen and oxygen atoms in total. The van der Waals surface area contributed by atoms with E-state index < -0.39 is 0 Å². The predicted molar refractivity (Wildman–Crippen MR) is 59.9 cm³/mol. The molecule has 2 N–H and O–H groups in total. The highest BCUT2D eigenvalue weighted by molar-refractivity contribution is 4.79. The highest BCUT2D eigenvalue weighted by Gasteiger charge is 2.19. The topological polar surface area (TPSA) is 29.3 Å². The second-order valence-corrected chi connectivity index (χ2v) is 3.65. The third-order valence-electron chi connectivity index (χ3n) is 2.82. The molecule has 13 heavy (non-hydrogen) atoms. The van der Waals surface area contributed by atoms with Crippen molar-refractivity contribution in [1.82, 2.24) is 4.90 Å². The van der Waals surface area contributed by atoms with Crippen molar-refractivity contribution >= 4 is 0 Å². The van der Waals surface area contributed by atoms with Crippen LogP contribution < -0.4 is 5.73 Å². The SMILES string of the molecule is CCCC(N)C(CC)N(CC)CC. The fourth-order valence-electron chi connectivity index (χ4n) is 2.05. The first kappa shape index (κ1) is 12.9. The molecule has 0 heterocycles. The Bertz CT molecular complexity index is 111. The molecule has 2 unspecified atom stereocenters. The summed E-state index contributed by atoms with van der Waals surface area (Å²) in [7, 11) is 0. The second-order valence-electron chi connectivity index (χ2n) is 3.65. The third kappa shape index (κ3) is 4.10. The number of nitrogens with zero attached hydrogens (tertiary/aromatic N) is 1. The fraction of sp³-hybridized carbons (Fsp3) is 1.00. The molecule has 0 aromatic rings. The summed E-state index contributed by atoms with van der Waals surface area (Å²) in [4.78, 5) is 2.47. The monoisotopic (exact) mass is 186 g/mol. The van der Waals surface area contributed by atoms with Crippen LogP contribution in [0.15, 0.2) is 0 Å². The normalized spacial score (nSPS) is 16.2. The van der Waals surface area contributed by atoms with Crippen molar-refractivity contribution < 1.29 is 0 Å². The Hall–Kier alpha value is -0.0800. The average molecular weight is 186 g/mol. The van der Waals surface area contributed by atoms with Crippen molar-refractivity contribution in [2.45, 2.75) is 59.0 Å². The molecule has 0 aliphatic rings. The maximum atomic E-state index is 6.15. The van der Waals surface area contributed by atoms with Crippen molar-refractivity contribution in [2.75, 3.05) is 13.1 Å². The molecule has 0 aliphatic heterocycles. The van der Waals surface area contributed by atoms with Gasteiger partial charge in [0.2, 0.25) is 0 Å². The highest BCUT2D eigenvalue weighted by Crippen LogP contribution is 2.11. The second kappa shape index (κ2) is 7.34. The van der Waals surface area contributed by atoms with Gasteiger partial charge in [0.15, 0.2) is 0 Å². The van der Waals surface area contributed by atoms with Crippen LogP contribution in [0.25, 0.3) is 0 Å². The maximum absolute atomic E-state index is 6.15. The van der Waals surface area contributed by atoms with E-state index in [9.17, 15) is 0 Å². The number of hydrogen-bond acceptors (Lipinski definition) is 2. The molecule has 0 radical (unpaired) electrons. The largest absolute Gasteiger partial charge is 0.326 e. The standard InChI is InChI=1S/C11H26N2/c1-5-9-10(12)11(6-2)13(7-3)8-4/h10-11H,5-9,12H2,1-4H3. The van der Waals surface area contributed by atoms with Gasteiger partial charge in [0, 0.05) is 12.1 Å². The molecule has 0 aromatic carbocycles. The molecule has 0 aromatic heterocycles. The summed E-state index contributed by atoms with van der Waals surface area (Å²) in [5, 5.41) is 0. The number of likely N-dealkylation sites (N-methyl/N-ethyl adjacent to an activating group) is 1. The Labute approximate surface area is 83.5 Å². The highest BCUT2D eigenvalue weighted by atomic mass is 15.2. The van der Waals surface area contributed by atoms with Crippen molar-refractivity contribution in [2.24, 2.45) is 5.73 Å². The number of rotatable bonds is 7. The summed E-state index contributed by atoms with van der Waals surface area (Å²) < 4.78 is 0. The van der Waals surface area contributed by atoms with E-state index in [1.807, 2.05) is 0 Å². The predicted octanol–water partition coefficient (Wildman–Crippen LogP) is 2.23. The van der Waals surface area contributed by atoms with Gasteiger partial charge in [-0.3, -0.25) is 4.90 Å². The van der Waals surface area contributed by atoms with E-state index in [0.29, 0.717) is 12.1 Å². The van der Waals surface area contributed by atoms with E-state index in [0.717, 1.165) is 19.5 Å². The number of hydrogen-bond donors (Lipinski definition) is 1. The minimum Gasteiger partial charge on any atom is -0.326 e. The Balaban J connectivity index is 4.11. The molecule has 2 atom stereocenters. The van der Waals surface area contributed by atoms with Crippen molar-refractivity contribution in [3.05, 3.63) is 0 Å². The lowest BCUT2D eigenvalue weighted by molar-refractivity contribution is 0.178. The zero-order valence-corrected chi connectivity index (χ0v) is 9.71. The van der Waals surface area contributed by atoms with Gasteiger partial charge in [-0.1, -0.05) is 34.1 Å². The molecule has 2 heteroatoms. The zero-order chi connectivity index (χ0) is 10.3. The lowest BCUT2D eigenvalue weighted by Crippen LogP contribution is -2.47. The van der Waals surface area contributed by atoms with Gasteiger partial charge in [-0.25, -0.2) is 0 Å². The lowest BCUT2D eigenvalue weighted by Gasteiger charge is -2.33. The first-order chi connectivity index (χ1) is 6.21. The summed E-state index contributed by atoms with van der Waals surface area (Å²) in [6, 6.07) is 0.935. The van der Waals surface area contributed by atoms with Gasteiger partial charge in [0.1, 0.15) is 0 Å². The smallest absolute Gasteiger partial charge is 0.0244 e. The molecule has 0 rings (SSSR count). The van der Waals surface area contributed by atoms with E-state index in [-0.39, 0.29) is 0 Å². The van der Waals surface area contributed by atoms with E-state index in [2.05, 4.69) is 32.6 Å². The molecule has 0 saturated carbocycles. The van der Waals surface area contributed by atoms with E-state index in [4.69, 9.17) is 5.73 Å². The summed E-state index contributed by atoms with van der Waals surface area (Å²) in [5.74, 6) is 0. The van der Waals surface area contributed by atoms with Gasteiger partial charge in [-0.15, -0.1) is 0 Å². The zero-order valence-electron chi connectivity index (χ0n) is 9.71. The van der Waals surface area contributed by atoms with Crippen LogP contribution in [0, 0.1) is 0 Å². The van der Waals surface area contributed by atoms with Crippen LogP contribution in [0.3, 0.4) is 0 Å². The van der Waals surface area contributed by atoms with Gasteiger partial charge in [-0.05, 0) is 25.9 Å². The Morgan fingerprint density at radius 1 is 1.08 bits per heavy atom. The van der Waals surface area contributed by atoms with E-state index >= 15 is 0 Å². The van der Waals surface area contributed by atoms with E-state index in [1.54, 1.807) is 0 Å². The molecular formula is C11H26N2. The first-order valence-corrected chi connectivity index (χ1v) is 5.70. The van der Waals surface area contributed by atoms with Crippen LogP contribution >= 0.6 is 0 Å². The molecule has 0 amide bonds. The molecule has 0 bridgehead atoms. The van der Waals surface area contributed by atoms with Gasteiger partial charge >= 0.3 is 0 Å². The molecule has 0 spiro atoms. The quantitative estimate of drug-likeness (QED) is 0.660. The Morgan fingerprint density at radius 2 is 1.62 bits per heavy atom. The van der Waals surface area contributed by atoms with E-state index in [1.165, 1.54) is 12.8 Å². The van der Waals surface area contributed by atoms with Crippen LogP contribution in [-0.2, 0) is 0 Å². The summed E-state index contributed by atoms with van der Waals surface area (Å²) in [6.45, 7) is 11.1. The fourth-order valence-corrected chi connectivity index (χ4v) is 2.05. The minimum atomic E-state index is 0.356. The summed E-state index contributed by atoms with van der Waals surface area (Å²) in [5.41, 5.74) is 6.15. The van der Waals surface area contributed by atoms with Gasteiger partial charge in [-0.2, -0.15) is 0 Å². The summed E-state index contributed by atoms with van der Waals surface area (Å²) in [6.07, 6.45) is 3.51. The average Bonchev–Trinajstić information content (AvgIpc) is 2.14. The molecule has 0 aliphatic carbocycles. The molecule has 0 saturated heterocycles. The molecule has 0 fully saturated rings. The first-order valence-electron chi connectivity index (χ1n) is 5.70. The number of nitrogens with two attached hydrogens (primary N) is 1. The van der Waals surface area contributed by atoms with Crippen molar-refractivity contribution in [1.29, 1.82) is 0 Å². The Kier molecular flexibility index (Phi) is 7.29. The maximum Gasteiger partial charge on any atom is 0.0244 e. The van der Waals surface area contributed by atoms with Crippen LogP contribution in [0.2, 0.25) is 0 Å². The van der Waals surface area contributed by atoms with Crippen molar-refractivity contribution in [3.8, 4) is 0 Å². The summed E-state index contributed by atoms with van der Waals surface area (Å²) >= 11 is 0. The Morgan fingerprint density at radius 3 is 1.92 bits per heavy atom. The molecular weight excluding hydrogens is 160 g/mol. The molecule has 80 valence electrons. The van der Waals surface area contributed by atoms with Crippen LogP contribution in [0.1, 0.15) is 47.0 Å². The van der Waals surface area contributed by atoms with Crippen LogP contribution in [0.5, 0.6) is 0 Å². The van der Waals surface area contributed by atoms with Crippen LogP contribution in [0.4, 0.5) is 0 Å². The van der Waals surface area contributed by atoms with Gasteiger partial charge in [0.05, 0.1) is 0 Å². The van der Waals surface area contributed by atoms with Crippen LogP contribution in [-0.4, -0.2) is 30.1 Å². The van der Waals surface area contributed by atoms with Crippen molar-refractivity contribution in [3.63, 3.8) is 0 Å². The minimum absolute atomic E-state index is 0.356.